The number of nitrogens with zero attached hydrogens (tertiary/aromatic N) is 2. The molecule has 0 radical (unpaired) electrons. The summed E-state index contributed by atoms with van der Waals surface area (Å²) < 4.78 is 16.1. The lowest BCUT2D eigenvalue weighted by Gasteiger charge is -2.37. The topological polar surface area (TPSA) is 138 Å². The Hall–Kier alpha value is -3.54. The van der Waals surface area contributed by atoms with E-state index in [2.05, 4.69) is 0 Å². The summed E-state index contributed by atoms with van der Waals surface area (Å²) in [4.78, 5) is 24.2. The highest BCUT2D eigenvalue weighted by atomic mass is 16.7. The van der Waals surface area contributed by atoms with Crippen molar-refractivity contribution in [3.8, 4) is 17.6 Å². The van der Waals surface area contributed by atoms with Crippen LogP contribution in [0.5, 0.6) is 11.5 Å². The number of carbonyl (C=O) groups is 1. The van der Waals surface area contributed by atoms with Crippen molar-refractivity contribution in [2.24, 2.45) is 11.1 Å². The van der Waals surface area contributed by atoms with Gasteiger partial charge >= 0.3 is 5.69 Å². The van der Waals surface area contributed by atoms with Crippen molar-refractivity contribution in [3.05, 3.63) is 50.6 Å². The first-order valence-electron chi connectivity index (χ1n) is 8.64. The van der Waals surface area contributed by atoms with Crippen LogP contribution in [0.3, 0.4) is 0 Å². The number of nitro benzene ring substituents is 1. The van der Waals surface area contributed by atoms with Crippen LogP contribution in [0.2, 0.25) is 0 Å². The van der Waals surface area contributed by atoms with Gasteiger partial charge in [-0.3, -0.25) is 14.9 Å². The molecule has 4 rings (SSSR count). The van der Waals surface area contributed by atoms with E-state index < -0.39 is 10.8 Å². The molecular weight excluding hydrogens is 366 g/mol. The van der Waals surface area contributed by atoms with Crippen molar-refractivity contribution in [1.82, 2.24) is 0 Å². The van der Waals surface area contributed by atoms with Gasteiger partial charge in [0.2, 0.25) is 18.4 Å². The highest BCUT2D eigenvalue weighted by Crippen LogP contribution is 2.52. The molecule has 0 spiro atoms. The summed E-state index contributed by atoms with van der Waals surface area (Å²) in [5.41, 5.74) is 5.64. The average molecular weight is 383 g/mol. The van der Waals surface area contributed by atoms with E-state index >= 15 is 0 Å². The maximum Gasteiger partial charge on any atom is 0.319 e. The number of nitro groups is 1. The molecule has 0 amide bonds. The third kappa shape index (κ3) is 2.57. The third-order valence-corrected chi connectivity index (χ3v) is 5.11. The monoisotopic (exact) mass is 383 g/mol. The normalized spacial score (nSPS) is 22.5. The Morgan fingerprint density at radius 1 is 1.32 bits per heavy atom. The maximum absolute atomic E-state index is 13.0. The molecule has 1 aromatic rings. The Morgan fingerprint density at radius 3 is 2.75 bits per heavy atom. The second kappa shape index (κ2) is 5.99. The largest absolute Gasteiger partial charge is 0.453 e. The van der Waals surface area contributed by atoms with Crippen LogP contribution in [0.1, 0.15) is 38.2 Å². The molecular formula is C19H17N3O6. The van der Waals surface area contributed by atoms with E-state index in [4.69, 9.17) is 19.9 Å². The van der Waals surface area contributed by atoms with Gasteiger partial charge in [0.25, 0.3) is 0 Å². The molecule has 28 heavy (non-hydrogen) atoms. The minimum atomic E-state index is -0.993. The minimum absolute atomic E-state index is 0.0180. The molecule has 2 N–H and O–H groups in total. The lowest BCUT2D eigenvalue weighted by atomic mass is 9.70. The first-order chi connectivity index (χ1) is 13.2. The standard InChI is InChI=1S/C19H17N3O6/c1-19(2)5-11(23)15-13(6-19)28-18(21)10(7-20)14(15)9-3-4-12-17(27-8-26-12)16(9)22(24)25/h3-4,14H,5-6,8,21H2,1-2H3. The third-order valence-electron chi connectivity index (χ3n) is 5.11. The van der Waals surface area contributed by atoms with Crippen molar-refractivity contribution >= 4 is 11.5 Å². The lowest BCUT2D eigenvalue weighted by molar-refractivity contribution is -0.386. The van der Waals surface area contributed by atoms with Crippen molar-refractivity contribution in [2.75, 3.05) is 6.79 Å². The minimum Gasteiger partial charge on any atom is -0.453 e. The number of fused-ring (bicyclic) bond motifs is 1. The number of benzene rings is 1. The Labute approximate surface area is 160 Å². The van der Waals surface area contributed by atoms with Gasteiger partial charge in [-0.2, -0.15) is 5.26 Å². The summed E-state index contributed by atoms with van der Waals surface area (Å²) in [6, 6.07) is 4.97. The summed E-state index contributed by atoms with van der Waals surface area (Å²) in [6.07, 6.45) is 0.672. The average Bonchev–Trinajstić information content (AvgIpc) is 3.06. The Bertz CT molecular complexity index is 1030. The molecule has 0 saturated heterocycles. The quantitative estimate of drug-likeness (QED) is 0.608. The SMILES string of the molecule is CC1(C)CC(=O)C2=C(C1)OC(N)=C(C#N)C2c1ccc2c(c1[N+](=O)[O-])OCO2. The van der Waals surface area contributed by atoms with Gasteiger partial charge in [0.1, 0.15) is 17.4 Å². The van der Waals surface area contributed by atoms with Gasteiger partial charge in [0.05, 0.1) is 10.8 Å². The number of rotatable bonds is 2. The smallest absolute Gasteiger partial charge is 0.319 e. The molecule has 1 unspecified atom stereocenters. The molecule has 0 saturated carbocycles. The van der Waals surface area contributed by atoms with Crippen LogP contribution in [0.25, 0.3) is 0 Å². The zero-order valence-corrected chi connectivity index (χ0v) is 15.3. The molecule has 2 aliphatic heterocycles. The van der Waals surface area contributed by atoms with Crippen LogP contribution >= 0.6 is 0 Å². The molecule has 1 aromatic carbocycles. The maximum atomic E-state index is 13.0. The molecule has 0 aromatic heterocycles. The van der Waals surface area contributed by atoms with Crippen molar-refractivity contribution < 1.29 is 23.9 Å². The van der Waals surface area contributed by atoms with Crippen molar-refractivity contribution in [2.45, 2.75) is 32.6 Å². The van der Waals surface area contributed by atoms with Crippen LogP contribution in [0.4, 0.5) is 5.69 Å². The second-order valence-electron chi connectivity index (χ2n) is 7.70. The lowest BCUT2D eigenvalue weighted by Crippen LogP contribution is -2.33. The number of hydrogen-bond donors (Lipinski definition) is 1. The Kier molecular flexibility index (Phi) is 3.82. The van der Waals surface area contributed by atoms with Gasteiger partial charge < -0.3 is 19.9 Å². The molecule has 1 aliphatic carbocycles. The van der Waals surface area contributed by atoms with E-state index in [1.165, 1.54) is 12.1 Å². The van der Waals surface area contributed by atoms with E-state index in [1.807, 2.05) is 19.9 Å². The molecule has 9 heteroatoms. The fraction of sp³-hybridized carbons (Fsp3) is 0.368. The van der Waals surface area contributed by atoms with E-state index in [9.17, 15) is 20.2 Å². The first kappa shape index (κ1) is 17.9. The number of allylic oxidation sites excluding steroid dienone is 3. The van der Waals surface area contributed by atoms with Crippen molar-refractivity contribution in [1.29, 1.82) is 5.26 Å². The summed E-state index contributed by atoms with van der Waals surface area (Å²) in [5.74, 6) is -0.784. The van der Waals surface area contributed by atoms with Crippen LogP contribution in [0.15, 0.2) is 34.9 Å². The zero-order valence-electron chi connectivity index (χ0n) is 15.3. The van der Waals surface area contributed by atoms with Crippen LogP contribution in [-0.4, -0.2) is 17.5 Å². The van der Waals surface area contributed by atoms with Crippen LogP contribution in [-0.2, 0) is 9.53 Å². The number of ether oxygens (including phenoxy) is 3. The van der Waals surface area contributed by atoms with E-state index in [1.54, 1.807) is 0 Å². The van der Waals surface area contributed by atoms with Crippen LogP contribution < -0.4 is 15.2 Å². The number of nitriles is 1. The van der Waals surface area contributed by atoms with E-state index in [0.717, 1.165) is 0 Å². The Morgan fingerprint density at radius 2 is 2.07 bits per heavy atom. The first-order valence-corrected chi connectivity index (χ1v) is 8.64. The van der Waals surface area contributed by atoms with Crippen molar-refractivity contribution in [3.63, 3.8) is 0 Å². The fourth-order valence-electron chi connectivity index (χ4n) is 3.99. The predicted octanol–water partition coefficient (Wildman–Crippen LogP) is 2.77. The molecule has 144 valence electrons. The van der Waals surface area contributed by atoms with Gasteiger partial charge in [-0.15, -0.1) is 0 Å². The van der Waals surface area contributed by atoms with Gasteiger partial charge in [0, 0.05) is 24.0 Å². The summed E-state index contributed by atoms with van der Waals surface area (Å²) in [7, 11) is 0. The highest BCUT2D eigenvalue weighted by Gasteiger charge is 2.46. The van der Waals surface area contributed by atoms with Gasteiger partial charge in [-0.1, -0.05) is 13.8 Å². The van der Waals surface area contributed by atoms with Crippen LogP contribution in [0, 0.1) is 26.9 Å². The molecule has 1 atom stereocenters. The highest BCUT2D eigenvalue weighted by molar-refractivity contribution is 6.00. The van der Waals surface area contributed by atoms with Gasteiger partial charge in [-0.05, 0) is 17.5 Å². The van der Waals surface area contributed by atoms with Gasteiger partial charge in [0.15, 0.2) is 11.5 Å². The number of carbonyl (C=O) groups excluding carboxylic acids is 1. The molecule has 9 nitrogen and oxygen atoms in total. The fourth-order valence-corrected chi connectivity index (χ4v) is 3.99. The molecule has 3 aliphatic rings. The number of ketones is 1. The Balaban J connectivity index is 1.98. The number of hydrogen-bond acceptors (Lipinski definition) is 8. The van der Waals surface area contributed by atoms with E-state index in [0.29, 0.717) is 12.2 Å². The number of Topliss-reactive ketones (excluding diaryl/α,β-unsaturated/α-hetero) is 1. The van der Waals surface area contributed by atoms with Gasteiger partial charge in [-0.25, -0.2) is 0 Å². The predicted molar refractivity (Wildman–Crippen MR) is 94.9 cm³/mol. The molecule has 0 fully saturated rings. The summed E-state index contributed by atoms with van der Waals surface area (Å²) >= 11 is 0. The second-order valence-corrected chi connectivity index (χ2v) is 7.70. The summed E-state index contributed by atoms with van der Waals surface area (Å²) in [6.45, 7) is 3.71. The molecule has 2 heterocycles. The van der Waals surface area contributed by atoms with E-state index in [-0.39, 0.29) is 64.2 Å². The summed E-state index contributed by atoms with van der Waals surface area (Å²) in [5, 5.41) is 21.5. The number of nitrogens with two attached hydrogens (primary N) is 1. The molecule has 0 bridgehead atoms. The zero-order chi connectivity index (χ0) is 20.2.